The average molecular weight is 720 g/mol. The Labute approximate surface area is 322 Å². The third-order valence-corrected chi connectivity index (χ3v) is 10.9. The number of hydrogen-bond donors (Lipinski definition) is 0. The molecule has 0 unspecified atom stereocenters. The third kappa shape index (κ3) is 5.60. The first kappa shape index (κ1) is 32.1. The molecule has 3 aromatic heterocycles. The Kier molecular flexibility index (Phi) is 7.56. The highest BCUT2D eigenvalue weighted by Gasteiger charge is 2.20. The zero-order valence-electron chi connectivity index (χ0n) is 30.3. The lowest BCUT2D eigenvalue weighted by Crippen LogP contribution is -2.00. The molecule has 0 fully saturated rings. The maximum atomic E-state index is 6.47. The van der Waals surface area contributed by atoms with Crippen molar-refractivity contribution in [3.05, 3.63) is 187 Å². The summed E-state index contributed by atoms with van der Waals surface area (Å²) in [7, 11) is 0. The van der Waals surface area contributed by atoms with Crippen LogP contribution in [0.5, 0.6) is 0 Å². The molecule has 0 spiro atoms. The van der Waals surface area contributed by atoms with Crippen LogP contribution in [0.1, 0.15) is 24.0 Å². The monoisotopic (exact) mass is 719 g/mol. The van der Waals surface area contributed by atoms with Crippen LogP contribution in [0, 0.1) is 0 Å². The van der Waals surface area contributed by atoms with Gasteiger partial charge in [0.15, 0.2) is 17.5 Å². The van der Waals surface area contributed by atoms with Gasteiger partial charge in [0, 0.05) is 38.2 Å². The van der Waals surface area contributed by atoms with E-state index in [2.05, 4.69) is 109 Å². The lowest BCUT2D eigenvalue weighted by Gasteiger charge is -2.16. The number of allylic oxidation sites excluding steroid dienone is 4. The van der Waals surface area contributed by atoms with Gasteiger partial charge < -0.3 is 8.83 Å². The summed E-state index contributed by atoms with van der Waals surface area (Å²) in [5.74, 6) is 1.76. The Morgan fingerprint density at radius 2 is 0.893 bits per heavy atom. The van der Waals surface area contributed by atoms with Gasteiger partial charge in [-0.05, 0) is 82.6 Å². The van der Waals surface area contributed by atoms with Gasteiger partial charge in [0.1, 0.15) is 22.3 Å². The predicted molar refractivity (Wildman–Crippen MR) is 228 cm³/mol. The fourth-order valence-electron chi connectivity index (χ4n) is 8.05. The van der Waals surface area contributed by atoms with E-state index in [1.807, 2.05) is 66.7 Å². The summed E-state index contributed by atoms with van der Waals surface area (Å²) < 4.78 is 12.7. The lowest BCUT2D eigenvalue weighted by molar-refractivity contribution is 0.668. The van der Waals surface area contributed by atoms with Gasteiger partial charge in [0.05, 0.1) is 0 Å². The van der Waals surface area contributed by atoms with Crippen LogP contribution in [-0.2, 0) is 0 Å². The molecule has 1 aliphatic rings. The maximum Gasteiger partial charge on any atom is 0.164 e. The molecular formula is C51H33N3O2. The molecule has 3 heterocycles. The van der Waals surface area contributed by atoms with Crippen molar-refractivity contribution in [3.8, 4) is 45.3 Å². The molecule has 5 heteroatoms. The molecule has 1 aliphatic carbocycles. The van der Waals surface area contributed by atoms with Crippen LogP contribution in [0.4, 0.5) is 0 Å². The average Bonchev–Trinajstić information content (AvgIpc) is 3.85. The second-order valence-corrected chi connectivity index (χ2v) is 14.3. The first-order valence-electron chi connectivity index (χ1n) is 19.0. The van der Waals surface area contributed by atoms with E-state index in [0.29, 0.717) is 17.5 Å². The SMILES string of the molecule is C1=C(c2ccc(-c3ccccc3)cc2)CCC(c2ccc3oc4cccc(-c5nc(-c6ccccc6)nc(-c6ccc7c(c6)oc6ccccc67)n5)c4c3c2)=C1. The van der Waals surface area contributed by atoms with E-state index in [4.69, 9.17) is 23.8 Å². The smallest absolute Gasteiger partial charge is 0.164 e. The van der Waals surface area contributed by atoms with E-state index in [1.165, 1.54) is 33.4 Å². The lowest BCUT2D eigenvalue weighted by atomic mass is 9.89. The molecule has 56 heavy (non-hydrogen) atoms. The summed E-state index contributed by atoms with van der Waals surface area (Å²) in [4.78, 5) is 15.3. The van der Waals surface area contributed by atoms with Gasteiger partial charge in [-0.2, -0.15) is 0 Å². The van der Waals surface area contributed by atoms with Gasteiger partial charge in [-0.3, -0.25) is 0 Å². The normalized spacial score (nSPS) is 13.1. The summed E-state index contributed by atoms with van der Waals surface area (Å²) in [5.41, 5.74) is 13.5. The van der Waals surface area contributed by atoms with Crippen LogP contribution in [0.2, 0.25) is 0 Å². The van der Waals surface area contributed by atoms with E-state index < -0.39 is 0 Å². The van der Waals surface area contributed by atoms with Gasteiger partial charge in [0.25, 0.3) is 0 Å². The Hall–Kier alpha value is -7.37. The van der Waals surface area contributed by atoms with Crippen molar-refractivity contribution in [1.82, 2.24) is 15.0 Å². The molecule has 0 saturated heterocycles. The topological polar surface area (TPSA) is 65.0 Å². The molecule has 0 atom stereocenters. The summed E-state index contributed by atoms with van der Waals surface area (Å²) in [6.07, 6.45) is 6.48. The molecular weight excluding hydrogens is 687 g/mol. The summed E-state index contributed by atoms with van der Waals surface area (Å²) in [6, 6.07) is 56.4. The molecule has 0 amide bonds. The number of rotatable bonds is 6. The third-order valence-electron chi connectivity index (χ3n) is 10.9. The Morgan fingerprint density at radius 3 is 1.68 bits per heavy atom. The number of aromatic nitrogens is 3. The zero-order chi connectivity index (χ0) is 37.0. The van der Waals surface area contributed by atoms with Gasteiger partial charge >= 0.3 is 0 Å². The van der Waals surface area contributed by atoms with Crippen molar-refractivity contribution in [1.29, 1.82) is 0 Å². The Balaban J connectivity index is 0.996. The van der Waals surface area contributed by atoms with Gasteiger partial charge in [-0.25, -0.2) is 15.0 Å². The van der Waals surface area contributed by atoms with E-state index in [0.717, 1.165) is 73.4 Å². The summed E-state index contributed by atoms with van der Waals surface area (Å²) in [6.45, 7) is 0. The highest BCUT2D eigenvalue weighted by Crippen LogP contribution is 2.40. The quantitative estimate of drug-likeness (QED) is 0.171. The molecule has 0 N–H and O–H groups in total. The van der Waals surface area contributed by atoms with E-state index >= 15 is 0 Å². The first-order valence-corrected chi connectivity index (χ1v) is 19.0. The first-order chi connectivity index (χ1) is 27.7. The van der Waals surface area contributed by atoms with Gasteiger partial charge in [-0.1, -0.05) is 140 Å². The summed E-state index contributed by atoms with van der Waals surface area (Å²) in [5, 5.41) is 4.17. The minimum atomic E-state index is 0.575. The Morgan fingerprint density at radius 1 is 0.339 bits per heavy atom. The maximum absolute atomic E-state index is 6.47. The predicted octanol–water partition coefficient (Wildman–Crippen LogP) is 13.6. The van der Waals surface area contributed by atoms with E-state index in [9.17, 15) is 0 Å². The molecule has 0 radical (unpaired) electrons. The molecule has 264 valence electrons. The highest BCUT2D eigenvalue weighted by molar-refractivity contribution is 6.12. The molecule has 0 saturated carbocycles. The molecule has 0 aliphatic heterocycles. The van der Waals surface area contributed by atoms with Crippen LogP contribution in [0.3, 0.4) is 0 Å². The van der Waals surface area contributed by atoms with Crippen molar-refractivity contribution in [3.63, 3.8) is 0 Å². The van der Waals surface area contributed by atoms with Crippen LogP contribution in [0.15, 0.2) is 185 Å². The molecule has 5 nitrogen and oxygen atoms in total. The minimum absolute atomic E-state index is 0.575. The number of fused-ring (bicyclic) bond motifs is 6. The number of para-hydroxylation sites is 1. The molecule has 11 rings (SSSR count). The summed E-state index contributed by atoms with van der Waals surface area (Å²) >= 11 is 0. The largest absolute Gasteiger partial charge is 0.456 e. The molecule has 7 aromatic carbocycles. The van der Waals surface area contributed by atoms with Crippen molar-refractivity contribution in [2.45, 2.75) is 12.8 Å². The van der Waals surface area contributed by atoms with Crippen molar-refractivity contribution in [2.75, 3.05) is 0 Å². The minimum Gasteiger partial charge on any atom is -0.456 e. The van der Waals surface area contributed by atoms with E-state index in [1.54, 1.807) is 0 Å². The Bertz CT molecular complexity index is 3170. The number of nitrogens with zero attached hydrogens (tertiary/aromatic N) is 3. The van der Waals surface area contributed by atoms with Crippen molar-refractivity contribution >= 4 is 55.0 Å². The van der Waals surface area contributed by atoms with Crippen LogP contribution >= 0.6 is 0 Å². The van der Waals surface area contributed by atoms with Gasteiger partial charge in [0.2, 0.25) is 0 Å². The van der Waals surface area contributed by atoms with Gasteiger partial charge in [-0.15, -0.1) is 0 Å². The van der Waals surface area contributed by atoms with Crippen LogP contribution in [0.25, 0.3) is 100 Å². The second kappa shape index (κ2) is 13.2. The molecule has 10 aromatic rings. The van der Waals surface area contributed by atoms with Crippen LogP contribution in [-0.4, -0.2) is 15.0 Å². The number of furan rings is 2. The second-order valence-electron chi connectivity index (χ2n) is 14.3. The fraction of sp³-hybridized carbons (Fsp3) is 0.0392. The van der Waals surface area contributed by atoms with E-state index in [-0.39, 0.29) is 0 Å². The highest BCUT2D eigenvalue weighted by atomic mass is 16.3. The fourth-order valence-corrected chi connectivity index (χ4v) is 8.05. The van der Waals surface area contributed by atoms with Crippen molar-refractivity contribution in [2.24, 2.45) is 0 Å². The zero-order valence-corrected chi connectivity index (χ0v) is 30.3. The molecule has 0 bridgehead atoms. The van der Waals surface area contributed by atoms with Crippen LogP contribution < -0.4 is 0 Å². The standard InChI is InChI=1S/C51H33N3O2/c1-3-10-32(11-4-1)33-18-20-34(21-19-33)35-22-24-36(25-23-35)38-27-29-45-43(30-38)48-42(15-9-17-46(48)55-45)51-53-49(37-12-5-2-6-13-37)52-50(54-51)39-26-28-41-40-14-7-8-16-44(40)56-47(41)31-39/h1-22,24,26-31H,23,25H2. The number of benzene rings is 7. The van der Waals surface area contributed by atoms with Crippen molar-refractivity contribution < 1.29 is 8.83 Å². The number of hydrogen-bond acceptors (Lipinski definition) is 5.